The van der Waals surface area contributed by atoms with Crippen LogP contribution in [0.15, 0.2) is 12.2 Å². The standard InChI is InChI=1S/C10H18O3/c1-10(12)13-9-7-5-3-2-4-6-8-11/h2,4,11H,3,5-9H2,1H3/b4-2-. The van der Waals surface area contributed by atoms with Crippen molar-refractivity contribution < 1.29 is 14.6 Å². The van der Waals surface area contributed by atoms with Crippen molar-refractivity contribution in [2.45, 2.75) is 32.6 Å². The molecule has 0 spiro atoms. The van der Waals surface area contributed by atoms with E-state index in [1.54, 1.807) is 0 Å². The van der Waals surface area contributed by atoms with Crippen LogP contribution in [0.1, 0.15) is 32.6 Å². The molecule has 0 amide bonds. The lowest BCUT2D eigenvalue weighted by atomic mass is 10.2. The number of ether oxygens (including phenoxy) is 1. The minimum atomic E-state index is -0.212. The fourth-order valence-electron chi connectivity index (χ4n) is 0.890. The summed E-state index contributed by atoms with van der Waals surface area (Å²) < 4.78 is 4.77. The Balaban J connectivity index is 3.03. The first-order chi connectivity index (χ1) is 6.27. The maximum absolute atomic E-state index is 10.4. The number of carbonyl (C=O) groups excluding carboxylic acids is 1. The van der Waals surface area contributed by atoms with Crippen LogP contribution in [0.3, 0.4) is 0 Å². The molecular weight excluding hydrogens is 168 g/mol. The van der Waals surface area contributed by atoms with E-state index < -0.39 is 0 Å². The number of rotatable bonds is 7. The fourth-order valence-corrected chi connectivity index (χ4v) is 0.890. The smallest absolute Gasteiger partial charge is 0.302 e. The van der Waals surface area contributed by atoms with Crippen LogP contribution in [0, 0.1) is 0 Å². The van der Waals surface area contributed by atoms with Gasteiger partial charge in [-0.05, 0) is 25.7 Å². The molecule has 0 heterocycles. The van der Waals surface area contributed by atoms with Gasteiger partial charge in [-0.1, -0.05) is 12.2 Å². The number of esters is 1. The molecule has 0 saturated carbocycles. The highest BCUT2D eigenvalue weighted by Gasteiger charge is 1.91. The molecule has 0 aliphatic heterocycles. The van der Waals surface area contributed by atoms with E-state index in [1.165, 1.54) is 6.92 Å². The van der Waals surface area contributed by atoms with Crippen LogP contribution in [-0.4, -0.2) is 24.3 Å². The maximum Gasteiger partial charge on any atom is 0.302 e. The lowest BCUT2D eigenvalue weighted by Crippen LogP contribution is -1.99. The minimum absolute atomic E-state index is 0.212. The summed E-state index contributed by atoms with van der Waals surface area (Å²) in [5.41, 5.74) is 0. The number of hydrogen-bond acceptors (Lipinski definition) is 3. The van der Waals surface area contributed by atoms with Gasteiger partial charge in [0.1, 0.15) is 0 Å². The van der Waals surface area contributed by atoms with Gasteiger partial charge >= 0.3 is 5.97 Å². The molecule has 0 radical (unpaired) electrons. The zero-order valence-electron chi connectivity index (χ0n) is 8.16. The molecule has 13 heavy (non-hydrogen) atoms. The highest BCUT2D eigenvalue weighted by Crippen LogP contribution is 1.98. The van der Waals surface area contributed by atoms with Crippen molar-refractivity contribution in [2.75, 3.05) is 13.2 Å². The van der Waals surface area contributed by atoms with Crippen molar-refractivity contribution >= 4 is 5.97 Å². The third kappa shape index (κ3) is 11.2. The Labute approximate surface area is 79.4 Å². The predicted molar refractivity (Wildman–Crippen MR) is 51.3 cm³/mol. The van der Waals surface area contributed by atoms with Crippen LogP contribution in [-0.2, 0) is 9.53 Å². The van der Waals surface area contributed by atoms with Gasteiger partial charge in [-0.25, -0.2) is 0 Å². The van der Waals surface area contributed by atoms with Crippen molar-refractivity contribution in [1.29, 1.82) is 0 Å². The summed E-state index contributed by atoms with van der Waals surface area (Å²) in [6, 6.07) is 0. The second kappa shape index (κ2) is 9.26. The Morgan fingerprint density at radius 3 is 2.62 bits per heavy atom. The first-order valence-electron chi connectivity index (χ1n) is 4.66. The molecule has 3 heteroatoms. The van der Waals surface area contributed by atoms with E-state index in [0.29, 0.717) is 6.61 Å². The van der Waals surface area contributed by atoms with Gasteiger partial charge in [0.15, 0.2) is 0 Å². The summed E-state index contributed by atoms with van der Waals surface area (Å²) >= 11 is 0. The molecule has 0 bridgehead atoms. The number of aliphatic hydroxyl groups excluding tert-OH is 1. The summed E-state index contributed by atoms with van der Waals surface area (Å²) in [4.78, 5) is 10.4. The van der Waals surface area contributed by atoms with E-state index in [0.717, 1.165) is 25.7 Å². The zero-order chi connectivity index (χ0) is 9.94. The van der Waals surface area contributed by atoms with Crippen molar-refractivity contribution in [2.24, 2.45) is 0 Å². The largest absolute Gasteiger partial charge is 0.466 e. The lowest BCUT2D eigenvalue weighted by molar-refractivity contribution is -0.141. The SMILES string of the molecule is CC(=O)OCCCC/C=C\CCO. The summed E-state index contributed by atoms with van der Waals surface area (Å²) in [6.45, 7) is 2.15. The van der Waals surface area contributed by atoms with Crippen LogP contribution >= 0.6 is 0 Å². The van der Waals surface area contributed by atoms with E-state index in [4.69, 9.17) is 9.84 Å². The molecule has 0 aromatic rings. The molecule has 0 unspecified atom stereocenters. The molecule has 0 aromatic carbocycles. The second-order valence-electron chi connectivity index (χ2n) is 2.82. The normalized spacial score (nSPS) is 10.6. The fraction of sp³-hybridized carbons (Fsp3) is 0.700. The van der Waals surface area contributed by atoms with Crippen molar-refractivity contribution in [1.82, 2.24) is 0 Å². The molecule has 0 aliphatic carbocycles. The summed E-state index contributed by atoms with van der Waals surface area (Å²) in [5, 5.41) is 8.46. The Kier molecular flexibility index (Phi) is 8.67. The third-order valence-corrected chi connectivity index (χ3v) is 1.53. The van der Waals surface area contributed by atoms with E-state index in [-0.39, 0.29) is 12.6 Å². The first kappa shape index (κ1) is 12.2. The Morgan fingerprint density at radius 1 is 1.31 bits per heavy atom. The maximum atomic E-state index is 10.4. The first-order valence-corrected chi connectivity index (χ1v) is 4.66. The predicted octanol–water partition coefficient (Wildman–Crippen LogP) is 1.66. The van der Waals surface area contributed by atoms with Crippen LogP contribution in [0.4, 0.5) is 0 Å². The lowest BCUT2D eigenvalue weighted by Gasteiger charge is -1.99. The molecule has 0 rings (SSSR count). The van der Waals surface area contributed by atoms with Crippen LogP contribution in [0.2, 0.25) is 0 Å². The van der Waals surface area contributed by atoms with Crippen LogP contribution < -0.4 is 0 Å². The van der Waals surface area contributed by atoms with Gasteiger partial charge < -0.3 is 9.84 Å². The molecule has 3 nitrogen and oxygen atoms in total. The molecular formula is C10H18O3. The average molecular weight is 186 g/mol. The van der Waals surface area contributed by atoms with Crippen LogP contribution in [0.5, 0.6) is 0 Å². The van der Waals surface area contributed by atoms with Gasteiger partial charge in [0.2, 0.25) is 0 Å². The van der Waals surface area contributed by atoms with E-state index in [2.05, 4.69) is 0 Å². The Bertz CT molecular complexity index is 152. The van der Waals surface area contributed by atoms with E-state index in [1.807, 2.05) is 12.2 Å². The second-order valence-corrected chi connectivity index (χ2v) is 2.82. The highest BCUT2D eigenvalue weighted by atomic mass is 16.5. The van der Waals surface area contributed by atoms with Gasteiger partial charge in [0.25, 0.3) is 0 Å². The van der Waals surface area contributed by atoms with E-state index in [9.17, 15) is 4.79 Å². The molecule has 0 aromatic heterocycles. The molecule has 0 fully saturated rings. The number of allylic oxidation sites excluding steroid dienone is 1. The monoisotopic (exact) mass is 186 g/mol. The molecule has 0 atom stereocenters. The average Bonchev–Trinajstić information content (AvgIpc) is 2.09. The zero-order valence-corrected chi connectivity index (χ0v) is 8.16. The summed E-state index contributed by atoms with van der Waals surface area (Å²) in [7, 11) is 0. The number of aliphatic hydroxyl groups is 1. The van der Waals surface area contributed by atoms with Crippen molar-refractivity contribution in [3.63, 3.8) is 0 Å². The molecule has 0 saturated heterocycles. The Hall–Kier alpha value is -0.830. The number of hydrogen-bond donors (Lipinski definition) is 1. The number of unbranched alkanes of at least 4 members (excludes halogenated alkanes) is 2. The summed E-state index contributed by atoms with van der Waals surface area (Å²) in [5.74, 6) is -0.212. The minimum Gasteiger partial charge on any atom is -0.466 e. The van der Waals surface area contributed by atoms with Gasteiger partial charge in [0, 0.05) is 13.5 Å². The van der Waals surface area contributed by atoms with Crippen molar-refractivity contribution in [3.05, 3.63) is 12.2 Å². The van der Waals surface area contributed by atoms with Gasteiger partial charge in [-0.15, -0.1) is 0 Å². The summed E-state index contributed by atoms with van der Waals surface area (Å²) in [6.07, 6.45) is 7.65. The third-order valence-electron chi connectivity index (χ3n) is 1.53. The highest BCUT2D eigenvalue weighted by molar-refractivity contribution is 5.65. The van der Waals surface area contributed by atoms with Gasteiger partial charge in [-0.2, -0.15) is 0 Å². The van der Waals surface area contributed by atoms with Gasteiger partial charge in [0.05, 0.1) is 6.61 Å². The molecule has 1 N–H and O–H groups in total. The number of carbonyl (C=O) groups is 1. The Morgan fingerprint density at radius 2 is 2.00 bits per heavy atom. The molecule has 76 valence electrons. The van der Waals surface area contributed by atoms with Crippen LogP contribution in [0.25, 0.3) is 0 Å². The van der Waals surface area contributed by atoms with Gasteiger partial charge in [-0.3, -0.25) is 4.79 Å². The van der Waals surface area contributed by atoms with Crippen molar-refractivity contribution in [3.8, 4) is 0 Å². The molecule has 0 aliphatic rings. The van der Waals surface area contributed by atoms with E-state index >= 15 is 0 Å². The topological polar surface area (TPSA) is 46.5 Å². The quantitative estimate of drug-likeness (QED) is 0.373.